The summed E-state index contributed by atoms with van der Waals surface area (Å²) in [5.41, 5.74) is 3.21. The predicted molar refractivity (Wildman–Crippen MR) is 125 cm³/mol. The summed E-state index contributed by atoms with van der Waals surface area (Å²) in [5.74, 6) is -0.267. The first kappa shape index (κ1) is 21.8. The van der Waals surface area contributed by atoms with Crippen LogP contribution in [0.25, 0.3) is 0 Å². The normalized spacial score (nSPS) is 13.7. The number of carbonyl (C=O) groups excluding carboxylic acids is 1. The Morgan fingerprint density at radius 2 is 1.86 bits per heavy atom. The molecule has 2 N–H and O–H groups in total. The van der Waals surface area contributed by atoms with Gasteiger partial charge >= 0.3 is 5.97 Å². The van der Waals surface area contributed by atoms with E-state index < -0.39 is 0 Å². The van der Waals surface area contributed by atoms with Gasteiger partial charge in [0.1, 0.15) is 5.00 Å². The predicted octanol–water partition coefficient (Wildman–Crippen LogP) is 5.50. The molecule has 1 aliphatic rings. The van der Waals surface area contributed by atoms with E-state index in [2.05, 4.69) is 34.9 Å². The number of esters is 1. The van der Waals surface area contributed by atoms with E-state index in [1.165, 1.54) is 36.8 Å². The number of thiocarbonyl (C=S) groups is 1. The average Bonchev–Trinajstić information content (AvgIpc) is 3.03. The number of ether oxygens (including phenoxy) is 1. The van der Waals surface area contributed by atoms with Crippen LogP contribution < -0.4 is 10.6 Å². The monoisotopic (exact) mass is 430 g/mol. The number of aryl methyl sites for hydroxylation is 2. The first-order chi connectivity index (χ1) is 14.2. The first-order valence-electron chi connectivity index (χ1n) is 10.5. The molecule has 1 aromatic carbocycles. The molecule has 29 heavy (non-hydrogen) atoms. The van der Waals surface area contributed by atoms with Crippen molar-refractivity contribution in [1.82, 2.24) is 5.32 Å². The first-order valence-corrected chi connectivity index (χ1v) is 11.7. The van der Waals surface area contributed by atoms with Gasteiger partial charge in [0.05, 0.1) is 12.7 Å². The molecule has 2 aromatic rings. The molecule has 0 saturated heterocycles. The average molecular weight is 431 g/mol. The summed E-state index contributed by atoms with van der Waals surface area (Å²) in [6.07, 6.45) is 9.99. The maximum Gasteiger partial charge on any atom is 0.341 e. The lowest BCUT2D eigenvalue weighted by molar-refractivity contribution is 0.0601. The molecule has 0 amide bonds. The zero-order valence-electron chi connectivity index (χ0n) is 17.1. The molecule has 0 saturated carbocycles. The Hall–Kier alpha value is -1.92. The lowest BCUT2D eigenvalue weighted by Crippen LogP contribution is -2.29. The molecule has 0 aliphatic heterocycles. The highest BCUT2D eigenvalue weighted by atomic mass is 32.1. The van der Waals surface area contributed by atoms with E-state index in [-0.39, 0.29) is 5.97 Å². The van der Waals surface area contributed by atoms with Crippen LogP contribution in [-0.4, -0.2) is 24.7 Å². The van der Waals surface area contributed by atoms with Gasteiger partial charge in [-0.2, -0.15) is 0 Å². The number of benzene rings is 1. The molecule has 1 heterocycles. The number of anilines is 1. The Morgan fingerprint density at radius 3 is 2.62 bits per heavy atom. The highest BCUT2D eigenvalue weighted by Crippen LogP contribution is 2.37. The van der Waals surface area contributed by atoms with Gasteiger partial charge in [0.25, 0.3) is 0 Å². The smallest absolute Gasteiger partial charge is 0.341 e. The van der Waals surface area contributed by atoms with Crippen LogP contribution in [-0.2, 0) is 24.0 Å². The second-order valence-corrected chi connectivity index (χ2v) is 8.95. The SMILES string of the molecule is COC(=O)c1c(NC(=S)NCCCCc2ccccc2)sc2c1CCCCCC2. The zero-order chi connectivity index (χ0) is 20.5. The van der Waals surface area contributed by atoms with Gasteiger partial charge in [-0.25, -0.2) is 4.79 Å². The molecule has 0 atom stereocenters. The van der Waals surface area contributed by atoms with E-state index in [1.807, 2.05) is 6.07 Å². The Labute approximate surface area is 183 Å². The summed E-state index contributed by atoms with van der Waals surface area (Å²) in [7, 11) is 1.45. The maximum absolute atomic E-state index is 12.5. The second-order valence-electron chi connectivity index (χ2n) is 7.44. The summed E-state index contributed by atoms with van der Waals surface area (Å²) >= 11 is 7.15. The number of carbonyl (C=O) groups is 1. The van der Waals surface area contributed by atoms with Gasteiger partial charge in [-0.3, -0.25) is 0 Å². The van der Waals surface area contributed by atoms with Crippen molar-refractivity contribution in [2.75, 3.05) is 19.0 Å². The molecular formula is C23H30N2O2S2. The molecule has 1 aliphatic carbocycles. The van der Waals surface area contributed by atoms with E-state index in [9.17, 15) is 4.79 Å². The van der Waals surface area contributed by atoms with Gasteiger partial charge in [0, 0.05) is 11.4 Å². The fourth-order valence-corrected chi connectivity index (χ4v) is 5.32. The van der Waals surface area contributed by atoms with Crippen molar-refractivity contribution >= 4 is 39.6 Å². The van der Waals surface area contributed by atoms with Gasteiger partial charge in [0.15, 0.2) is 5.11 Å². The summed E-state index contributed by atoms with van der Waals surface area (Å²) in [6.45, 7) is 0.817. The van der Waals surface area contributed by atoms with Crippen LogP contribution in [0, 0.1) is 0 Å². The number of unbranched alkanes of at least 4 members (excludes halogenated alkanes) is 1. The van der Waals surface area contributed by atoms with Gasteiger partial charge in [-0.05, 0) is 68.3 Å². The third-order valence-corrected chi connectivity index (χ3v) is 6.76. The molecule has 156 valence electrons. The quantitative estimate of drug-likeness (QED) is 0.345. The maximum atomic E-state index is 12.5. The van der Waals surface area contributed by atoms with E-state index >= 15 is 0 Å². The van der Waals surface area contributed by atoms with Gasteiger partial charge in [-0.15, -0.1) is 11.3 Å². The number of nitrogens with one attached hydrogen (secondary N) is 2. The van der Waals surface area contributed by atoms with Crippen molar-refractivity contribution in [3.8, 4) is 0 Å². The summed E-state index contributed by atoms with van der Waals surface area (Å²) in [4.78, 5) is 13.8. The summed E-state index contributed by atoms with van der Waals surface area (Å²) < 4.78 is 5.07. The molecule has 4 nitrogen and oxygen atoms in total. The molecule has 0 fully saturated rings. The van der Waals surface area contributed by atoms with Gasteiger partial charge in [-0.1, -0.05) is 43.2 Å². The van der Waals surface area contributed by atoms with Crippen LogP contribution in [0.5, 0.6) is 0 Å². The largest absolute Gasteiger partial charge is 0.465 e. The third kappa shape index (κ3) is 6.28. The minimum absolute atomic E-state index is 0.267. The fourth-order valence-electron chi connectivity index (χ4n) is 3.77. The van der Waals surface area contributed by atoms with Crippen molar-refractivity contribution in [1.29, 1.82) is 0 Å². The Balaban J connectivity index is 1.55. The number of fused-ring (bicyclic) bond motifs is 1. The number of methoxy groups -OCH3 is 1. The van der Waals surface area contributed by atoms with Crippen molar-refractivity contribution in [3.05, 3.63) is 51.9 Å². The summed E-state index contributed by atoms with van der Waals surface area (Å²) in [5, 5.41) is 7.95. The highest BCUT2D eigenvalue weighted by molar-refractivity contribution is 7.80. The topological polar surface area (TPSA) is 50.4 Å². The second kappa shape index (κ2) is 11.3. The number of thiophene rings is 1. The van der Waals surface area contributed by atoms with Crippen LogP contribution in [0.3, 0.4) is 0 Å². The number of hydrogen-bond donors (Lipinski definition) is 2. The van der Waals surface area contributed by atoms with Crippen LogP contribution >= 0.6 is 23.6 Å². The van der Waals surface area contributed by atoms with E-state index in [0.29, 0.717) is 10.7 Å². The van der Waals surface area contributed by atoms with Crippen LogP contribution in [0.15, 0.2) is 30.3 Å². The fraction of sp³-hybridized carbons (Fsp3) is 0.478. The molecule has 0 radical (unpaired) electrons. The third-order valence-electron chi connectivity index (χ3n) is 5.31. The van der Waals surface area contributed by atoms with Gasteiger partial charge < -0.3 is 15.4 Å². The van der Waals surface area contributed by atoms with E-state index in [0.717, 1.165) is 55.6 Å². The van der Waals surface area contributed by atoms with Crippen LogP contribution in [0.1, 0.15) is 64.9 Å². The van der Waals surface area contributed by atoms with E-state index in [1.54, 1.807) is 11.3 Å². The molecule has 0 bridgehead atoms. The molecular weight excluding hydrogens is 400 g/mol. The van der Waals surface area contributed by atoms with Crippen molar-refractivity contribution in [2.45, 2.75) is 57.8 Å². The molecule has 1 aromatic heterocycles. The zero-order valence-corrected chi connectivity index (χ0v) is 18.7. The molecule has 0 spiro atoms. The standard InChI is InChI=1S/C23H30N2O2S2/c1-27-22(26)20-18-14-7-2-3-8-15-19(18)29-21(20)25-23(28)24-16-10-9-13-17-11-5-4-6-12-17/h4-6,11-12H,2-3,7-10,13-16H2,1H3,(H2,24,25,28). The number of hydrogen-bond acceptors (Lipinski definition) is 4. The van der Waals surface area contributed by atoms with Crippen molar-refractivity contribution in [3.63, 3.8) is 0 Å². The van der Waals surface area contributed by atoms with Crippen LogP contribution in [0.2, 0.25) is 0 Å². The molecule has 0 unspecified atom stereocenters. The Bertz CT molecular complexity index is 818. The lowest BCUT2D eigenvalue weighted by Gasteiger charge is -2.12. The van der Waals surface area contributed by atoms with Crippen molar-refractivity contribution in [2.24, 2.45) is 0 Å². The Morgan fingerprint density at radius 1 is 1.10 bits per heavy atom. The minimum Gasteiger partial charge on any atom is -0.465 e. The van der Waals surface area contributed by atoms with E-state index in [4.69, 9.17) is 17.0 Å². The molecule has 6 heteroatoms. The van der Waals surface area contributed by atoms with Crippen LogP contribution in [0.4, 0.5) is 5.00 Å². The Kier molecular flexibility index (Phi) is 8.50. The van der Waals surface area contributed by atoms with Crippen molar-refractivity contribution < 1.29 is 9.53 Å². The number of rotatable bonds is 7. The lowest BCUT2D eigenvalue weighted by atomic mass is 9.96. The highest BCUT2D eigenvalue weighted by Gasteiger charge is 2.25. The van der Waals surface area contributed by atoms with Gasteiger partial charge in [0.2, 0.25) is 0 Å². The minimum atomic E-state index is -0.267. The molecule has 3 rings (SSSR count). The summed E-state index contributed by atoms with van der Waals surface area (Å²) in [6, 6.07) is 10.5.